The van der Waals surface area contributed by atoms with E-state index in [2.05, 4.69) is 15.3 Å². The number of fused-ring (bicyclic) bond motifs is 1. The van der Waals surface area contributed by atoms with Gasteiger partial charge in [0.25, 0.3) is 0 Å². The van der Waals surface area contributed by atoms with E-state index in [4.69, 9.17) is 9.47 Å². The molecule has 0 bridgehead atoms. The zero-order valence-corrected chi connectivity index (χ0v) is 12.3. The summed E-state index contributed by atoms with van der Waals surface area (Å²) in [6.45, 7) is 3.36. The first-order chi connectivity index (χ1) is 9.76. The maximum atomic E-state index is 5.82. The zero-order chi connectivity index (χ0) is 13.9. The molecule has 0 unspecified atom stereocenters. The van der Waals surface area contributed by atoms with Gasteiger partial charge in [-0.15, -0.1) is 0 Å². The summed E-state index contributed by atoms with van der Waals surface area (Å²) in [7, 11) is 1.67. The van der Waals surface area contributed by atoms with Crippen molar-refractivity contribution in [1.82, 2.24) is 9.97 Å². The summed E-state index contributed by atoms with van der Waals surface area (Å²) in [5.74, 6) is 2.29. The monoisotopic (exact) mass is 277 g/mol. The van der Waals surface area contributed by atoms with Gasteiger partial charge in [0.2, 0.25) is 0 Å². The maximum absolute atomic E-state index is 5.82. The third kappa shape index (κ3) is 2.94. The Balaban J connectivity index is 1.73. The molecule has 1 saturated heterocycles. The Kier molecular flexibility index (Phi) is 4.17. The fraction of sp³-hybridized carbons (Fsp3) is 0.733. The highest BCUT2D eigenvalue weighted by molar-refractivity contribution is 5.37. The predicted molar refractivity (Wildman–Crippen MR) is 76.6 cm³/mol. The first-order valence-electron chi connectivity index (χ1n) is 7.48. The first-order valence-corrected chi connectivity index (χ1v) is 7.48. The summed E-state index contributed by atoms with van der Waals surface area (Å²) in [5, 5.41) is 3.61. The van der Waals surface area contributed by atoms with Crippen LogP contribution < -0.4 is 5.32 Å². The number of rotatable bonds is 4. The molecule has 3 rings (SSSR count). The van der Waals surface area contributed by atoms with E-state index in [-0.39, 0.29) is 0 Å². The lowest BCUT2D eigenvalue weighted by Crippen LogP contribution is -2.38. The van der Waals surface area contributed by atoms with Gasteiger partial charge in [-0.2, -0.15) is 0 Å². The van der Waals surface area contributed by atoms with Crippen molar-refractivity contribution < 1.29 is 9.47 Å². The molecule has 5 heteroatoms. The van der Waals surface area contributed by atoms with Gasteiger partial charge >= 0.3 is 0 Å². The van der Waals surface area contributed by atoms with Crippen LogP contribution in [0.2, 0.25) is 0 Å². The second-order valence-corrected chi connectivity index (χ2v) is 5.79. The average Bonchev–Trinajstić information content (AvgIpc) is 2.88. The smallest absolute Gasteiger partial charge is 0.156 e. The summed E-state index contributed by atoms with van der Waals surface area (Å²) in [6.07, 6.45) is 5.25. The van der Waals surface area contributed by atoms with Crippen LogP contribution in [0, 0.1) is 12.8 Å². The summed E-state index contributed by atoms with van der Waals surface area (Å²) in [6, 6.07) is 2.49. The molecule has 0 amide bonds. The third-order valence-electron chi connectivity index (χ3n) is 4.29. The van der Waals surface area contributed by atoms with Gasteiger partial charge < -0.3 is 14.8 Å². The van der Waals surface area contributed by atoms with Crippen LogP contribution in [-0.4, -0.2) is 35.8 Å². The Labute approximate surface area is 120 Å². The number of nitrogens with zero attached hydrogens (tertiary/aromatic N) is 2. The van der Waals surface area contributed by atoms with E-state index in [0.717, 1.165) is 30.4 Å². The molecule has 1 aliphatic heterocycles. The number of hydrogen-bond acceptors (Lipinski definition) is 5. The highest BCUT2D eigenvalue weighted by atomic mass is 16.5. The summed E-state index contributed by atoms with van der Waals surface area (Å²) < 4.78 is 10.9. The van der Waals surface area contributed by atoms with Gasteiger partial charge in [0.1, 0.15) is 12.4 Å². The molecular formula is C15H23N3O2. The molecule has 20 heavy (non-hydrogen) atoms. The van der Waals surface area contributed by atoms with Crippen LogP contribution in [0.4, 0.5) is 5.82 Å². The van der Waals surface area contributed by atoms with Gasteiger partial charge in [0.05, 0.1) is 6.10 Å². The van der Waals surface area contributed by atoms with Crippen molar-refractivity contribution in [1.29, 1.82) is 0 Å². The van der Waals surface area contributed by atoms with Crippen LogP contribution in [-0.2, 0) is 16.1 Å². The van der Waals surface area contributed by atoms with Gasteiger partial charge in [-0.25, -0.2) is 9.97 Å². The molecule has 3 atom stereocenters. The van der Waals surface area contributed by atoms with Crippen LogP contribution in [0.15, 0.2) is 6.07 Å². The highest BCUT2D eigenvalue weighted by Gasteiger charge is 2.37. The van der Waals surface area contributed by atoms with Crippen molar-refractivity contribution in [3.05, 3.63) is 17.6 Å². The maximum Gasteiger partial charge on any atom is 0.156 e. The Morgan fingerprint density at radius 2 is 2.25 bits per heavy atom. The van der Waals surface area contributed by atoms with Crippen molar-refractivity contribution in [2.45, 2.75) is 51.4 Å². The van der Waals surface area contributed by atoms with Crippen molar-refractivity contribution in [2.24, 2.45) is 5.92 Å². The van der Waals surface area contributed by atoms with Crippen molar-refractivity contribution in [2.75, 3.05) is 19.0 Å². The highest BCUT2D eigenvalue weighted by Crippen LogP contribution is 2.35. The second-order valence-electron chi connectivity index (χ2n) is 5.79. The molecule has 2 fully saturated rings. The third-order valence-corrected chi connectivity index (χ3v) is 4.29. The Hall–Kier alpha value is -1.20. The van der Waals surface area contributed by atoms with Crippen LogP contribution in [0.25, 0.3) is 0 Å². The average molecular weight is 277 g/mol. The minimum absolute atomic E-state index is 0.447. The molecule has 1 saturated carbocycles. The number of hydrogen-bond donors (Lipinski definition) is 1. The fourth-order valence-corrected chi connectivity index (χ4v) is 3.44. The molecule has 0 aromatic carbocycles. The van der Waals surface area contributed by atoms with Crippen LogP contribution in [0.1, 0.15) is 37.2 Å². The number of methoxy groups -OCH3 is 1. The molecule has 1 aromatic rings. The van der Waals surface area contributed by atoms with E-state index in [1.165, 1.54) is 19.3 Å². The largest absolute Gasteiger partial charge is 0.378 e. The molecular weight excluding hydrogens is 254 g/mol. The fourth-order valence-electron chi connectivity index (χ4n) is 3.44. The van der Waals surface area contributed by atoms with Crippen LogP contribution >= 0.6 is 0 Å². The lowest BCUT2D eigenvalue weighted by molar-refractivity contribution is 0.0619. The Morgan fingerprint density at radius 3 is 3.10 bits per heavy atom. The number of aromatic nitrogens is 2. The normalized spacial score (nSPS) is 29.2. The van der Waals surface area contributed by atoms with E-state index in [0.29, 0.717) is 24.7 Å². The lowest BCUT2D eigenvalue weighted by atomic mass is 9.82. The summed E-state index contributed by atoms with van der Waals surface area (Å²) in [5.41, 5.74) is 0.976. The van der Waals surface area contributed by atoms with E-state index in [9.17, 15) is 0 Å². The minimum Gasteiger partial charge on any atom is -0.378 e. The van der Waals surface area contributed by atoms with Gasteiger partial charge in [0, 0.05) is 37.4 Å². The van der Waals surface area contributed by atoms with Gasteiger partial charge in [-0.3, -0.25) is 0 Å². The molecule has 1 aliphatic carbocycles. The van der Waals surface area contributed by atoms with E-state index < -0.39 is 0 Å². The van der Waals surface area contributed by atoms with Gasteiger partial charge in [-0.05, 0) is 32.6 Å². The van der Waals surface area contributed by atoms with Crippen molar-refractivity contribution in [3.8, 4) is 0 Å². The molecule has 0 radical (unpaired) electrons. The summed E-state index contributed by atoms with van der Waals surface area (Å²) >= 11 is 0. The van der Waals surface area contributed by atoms with Gasteiger partial charge in [0.15, 0.2) is 5.82 Å². The van der Waals surface area contributed by atoms with Crippen LogP contribution in [0.5, 0.6) is 0 Å². The van der Waals surface area contributed by atoms with E-state index in [1.54, 1.807) is 7.11 Å². The molecule has 5 nitrogen and oxygen atoms in total. The van der Waals surface area contributed by atoms with Crippen molar-refractivity contribution in [3.63, 3.8) is 0 Å². The first kappa shape index (κ1) is 13.8. The van der Waals surface area contributed by atoms with E-state index >= 15 is 0 Å². The van der Waals surface area contributed by atoms with E-state index in [1.807, 2.05) is 13.0 Å². The van der Waals surface area contributed by atoms with Crippen LogP contribution in [0.3, 0.4) is 0 Å². The molecule has 2 aliphatic rings. The number of ether oxygens (including phenoxy) is 2. The Morgan fingerprint density at radius 1 is 1.35 bits per heavy atom. The SMILES string of the molecule is COCc1nc(C)cc(N[C@@H]2CCC[C@H]3OCC[C@H]23)n1. The molecule has 1 N–H and O–H groups in total. The standard InChI is InChI=1S/C15H23N3O2/c1-10-8-14(18-15(16-10)9-19-2)17-12-4-3-5-13-11(12)6-7-20-13/h8,11-13H,3-7,9H2,1-2H3,(H,16,17,18)/t11-,12-,13-/m1/s1. The molecule has 0 spiro atoms. The second kappa shape index (κ2) is 6.06. The number of nitrogens with one attached hydrogen (secondary N) is 1. The van der Waals surface area contributed by atoms with Crippen molar-refractivity contribution >= 4 is 5.82 Å². The number of aryl methyl sites for hydroxylation is 1. The van der Waals surface area contributed by atoms with Gasteiger partial charge in [-0.1, -0.05) is 0 Å². The topological polar surface area (TPSA) is 56.3 Å². The predicted octanol–water partition coefficient (Wildman–Crippen LogP) is 2.30. The molecule has 1 aromatic heterocycles. The lowest BCUT2D eigenvalue weighted by Gasteiger charge is -2.33. The Bertz CT molecular complexity index is 466. The molecule has 2 heterocycles. The molecule has 110 valence electrons. The zero-order valence-electron chi connectivity index (χ0n) is 12.3. The minimum atomic E-state index is 0.447. The summed E-state index contributed by atoms with van der Waals surface area (Å²) in [4.78, 5) is 8.93. The quantitative estimate of drug-likeness (QED) is 0.915. The number of anilines is 1.